The molecule has 0 aliphatic carbocycles. The average Bonchev–Trinajstić information content (AvgIpc) is 3.23. The molecule has 0 aliphatic rings. The summed E-state index contributed by atoms with van der Waals surface area (Å²) >= 11 is 7.53. The summed E-state index contributed by atoms with van der Waals surface area (Å²) in [7, 11) is 5.57. The summed E-state index contributed by atoms with van der Waals surface area (Å²) in [6.07, 6.45) is 2.07. The third-order valence-electron chi connectivity index (χ3n) is 4.72. The predicted molar refractivity (Wildman–Crippen MR) is 131 cm³/mol. The molecule has 0 bridgehead atoms. The minimum Gasteiger partial charge on any atom is -0.370 e. The van der Waals surface area contributed by atoms with Crippen LogP contribution in [-0.4, -0.2) is 48.0 Å². The van der Waals surface area contributed by atoms with Crippen LogP contribution in [-0.2, 0) is 0 Å². The summed E-state index contributed by atoms with van der Waals surface area (Å²) in [5.41, 5.74) is 2.15. The van der Waals surface area contributed by atoms with E-state index in [-0.39, 0.29) is 11.1 Å². The highest BCUT2D eigenvalue weighted by molar-refractivity contribution is 7.16. The molecule has 7 nitrogen and oxygen atoms in total. The molecular weight excluding hydrogens is 449 g/mol. The van der Waals surface area contributed by atoms with Crippen LogP contribution in [0.1, 0.15) is 25.1 Å². The van der Waals surface area contributed by atoms with Crippen LogP contribution in [0.2, 0.25) is 0 Å². The quantitative estimate of drug-likeness (QED) is 0.239. The Morgan fingerprint density at radius 3 is 2.47 bits per heavy atom. The lowest BCUT2D eigenvalue weighted by Crippen LogP contribution is -2.42. The Labute approximate surface area is 197 Å². The standard InChI is InChI=1S/C22H27ClFN7S/c1-7-17(30(5)31(6)21(23)27-9-3)20(26-8-2)29(4)22-28-19(18(14-25)32-22)15-10-12-16(24)13-11-15/h9-13,26H,3,7-8H2,1-2,4-6H3/b20-17+,27-21?. The third-order valence-corrected chi connectivity index (χ3v) is 6.09. The van der Waals surface area contributed by atoms with Crippen LogP contribution in [0.4, 0.5) is 9.52 Å². The van der Waals surface area contributed by atoms with Crippen molar-refractivity contribution in [3.8, 4) is 17.3 Å². The van der Waals surface area contributed by atoms with E-state index in [1.807, 2.05) is 37.9 Å². The number of aliphatic imine (C=N–C) groups is 1. The number of hydrogen-bond donors (Lipinski definition) is 1. The molecule has 1 N–H and O–H groups in total. The lowest BCUT2D eigenvalue weighted by atomic mass is 10.1. The fourth-order valence-electron chi connectivity index (χ4n) is 3.02. The molecule has 0 fully saturated rings. The van der Waals surface area contributed by atoms with Gasteiger partial charge in [-0.2, -0.15) is 5.26 Å². The van der Waals surface area contributed by atoms with Crippen LogP contribution in [0.3, 0.4) is 0 Å². The fourth-order valence-corrected chi connectivity index (χ4v) is 4.06. The van der Waals surface area contributed by atoms with Crippen LogP contribution in [0, 0.1) is 17.1 Å². The predicted octanol–water partition coefficient (Wildman–Crippen LogP) is 4.96. The Hall–Kier alpha value is -3.09. The van der Waals surface area contributed by atoms with Crippen molar-refractivity contribution in [3.63, 3.8) is 0 Å². The molecule has 0 aliphatic heterocycles. The van der Waals surface area contributed by atoms with E-state index in [1.54, 1.807) is 24.2 Å². The van der Waals surface area contributed by atoms with Crippen LogP contribution < -0.4 is 10.2 Å². The van der Waals surface area contributed by atoms with Gasteiger partial charge >= 0.3 is 0 Å². The maximum absolute atomic E-state index is 13.3. The number of benzene rings is 1. The van der Waals surface area contributed by atoms with E-state index in [4.69, 9.17) is 16.6 Å². The number of nitrogens with one attached hydrogen (secondary N) is 1. The van der Waals surface area contributed by atoms with Gasteiger partial charge in [0, 0.05) is 39.5 Å². The second-order valence-corrected chi connectivity index (χ2v) is 7.97. The zero-order chi connectivity index (χ0) is 23.8. The monoisotopic (exact) mass is 475 g/mol. The van der Waals surface area contributed by atoms with E-state index in [1.165, 1.54) is 29.7 Å². The molecule has 2 aromatic rings. The summed E-state index contributed by atoms with van der Waals surface area (Å²) in [5, 5.41) is 17.5. The number of nitrogens with zero attached hydrogens (tertiary/aromatic N) is 6. The zero-order valence-corrected chi connectivity index (χ0v) is 20.4. The second kappa shape index (κ2) is 11.5. The summed E-state index contributed by atoms with van der Waals surface area (Å²) in [6.45, 7) is 8.30. The number of anilines is 1. The van der Waals surface area contributed by atoms with Crippen molar-refractivity contribution in [2.24, 2.45) is 4.99 Å². The van der Waals surface area contributed by atoms with Crippen LogP contribution in [0.25, 0.3) is 11.3 Å². The van der Waals surface area contributed by atoms with Crippen molar-refractivity contribution >= 4 is 33.4 Å². The van der Waals surface area contributed by atoms with E-state index in [0.717, 1.165) is 11.5 Å². The van der Waals surface area contributed by atoms with Gasteiger partial charge in [-0.3, -0.25) is 10.0 Å². The molecule has 170 valence electrons. The fraction of sp³-hybridized carbons (Fsp3) is 0.318. The molecule has 0 saturated carbocycles. The van der Waals surface area contributed by atoms with Gasteiger partial charge in [-0.15, -0.1) is 0 Å². The minimum atomic E-state index is -0.337. The molecule has 32 heavy (non-hydrogen) atoms. The third kappa shape index (κ3) is 5.58. The number of nitriles is 1. The molecule has 1 aromatic carbocycles. The highest BCUT2D eigenvalue weighted by Gasteiger charge is 2.23. The van der Waals surface area contributed by atoms with Crippen molar-refractivity contribution in [1.82, 2.24) is 20.3 Å². The van der Waals surface area contributed by atoms with Gasteiger partial charge < -0.3 is 10.2 Å². The van der Waals surface area contributed by atoms with E-state index in [0.29, 0.717) is 34.2 Å². The van der Waals surface area contributed by atoms with Gasteiger partial charge in [0.25, 0.3) is 0 Å². The first-order valence-corrected chi connectivity index (χ1v) is 11.2. The first-order valence-electron chi connectivity index (χ1n) is 9.98. The molecule has 0 amide bonds. The highest BCUT2D eigenvalue weighted by Crippen LogP contribution is 2.34. The largest absolute Gasteiger partial charge is 0.370 e. The van der Waals surface area contributed by atoms with Crippen LogP contribution in [0.5, 0.6) is 0 Å². The number of aromatic nitrogens is 1. The summed E-state index contributed by atoms with van der Waals surface area (Å²) in [6, 6.07) is 8.17. The molecule has 1 heterocycles. The Morgan fingerprint density at radius 2 is 1.94 bits per heavy atom. The molecule has 0 radical (unpaired) electrons. The summed E-state index contributed by atoms with van der Waals surface area (Å²) in [4.78, 5) is 11.1. The van der Waals surface area contributed by atoms with Crippen molar-refractivity contribution in [3.05, 3.63) is 59.3 Å². The average molecular weight is 476 g/mol. The molecule has 10 heteroatoms. The Kier molecular flexibility index (Phi) is 9.05. The first kappa shape index (κ1) is 25.2. The van der Waals surface area contributed by atoms with Gasteiger partial charge in [-0.05, 0) is 49.2 Å². The number of thiazole rings is 1. The number of amidine groups is 1. The van der Waals surface area contributed by atoms with E-state index < -0.39 is 0 Å². The molecule has 0 saturated heterocycles. The van der Waals surface area contributed by atoms with Gasteiger partial charge in [0.2, 0.25) is 5.29 Å². The molecular formula is C22H27ClFN7S. The lowest BCUT2D eigenvalue weighted by molar-refractivity contribution is 0.149. The highest BCUT2D eigenvalue weighted by atomic mass is 35.5. The summed E-state index contributed by atoms with van der Waals surface area (Å²) in [5.74, 6) is 0.479. The number of allylic oxidation sites excluding steroid dienone is 1. The Balaban J connectivity index is 2.53. The van der Waals surface area contributed by atoms with Gasteiger partial charge in [-0.25, -0.2) is 14.4 Å². The zero-order valence-electron chi connectivity index (χ0n) is 18.9. The molecule has 0 unspecified atom stereocenters. The number of hydrogen-bond acceptors (Lipinski definition) is 7. The molecule has 2 rings (SSSR count). The van der Waals surface area contributed by atoms with Crippen molar-refractivity contribution in [2.45, 2.75) is 20.3 Å². The number of rotatable bonds is 9. The lowest BCUT2D eigenvalue weighted by Gasteiger charge is -2.35. The molecule has 1 aromatic heterocycles. The minimum absolute atomic E-state index is 0.270. The maximum atomic E-state index is 13.3. The molecule has 0 atom stereocenters. The topological polar surface area (TPSA) is 70.8 Å². The Morgan fingerprint density at radius 1 is 1.28 bits per heavy atom. The number of hydrazine groups is 1. The van der Waals surface area contributed by atoms with Crippen molar-refractivity contribution in [1.29, 1.82) is 5.26 Å². The van der Waals surface area contributed by atoms with E-state index in [9.17, 15) is 9.65 Å². The van der Waals surface area contributed by atoms with Gasteiger partial charge in [-0.1, -0.05) is 24.8 Å². The normalized spacial score (nSPS) is 12.0. The van der Waals surface area contributed by atoms with Crippen molar-refractivity contribution < 1.29 is 4.39 Å². The van der Waals surface area contributed by atoms with E-state index in [2.05, 4.69) is 23.0 Å². The van der Waals surface area contributed by atoms with Crippen LogP contribution in [0.15, 0.2) is 53.6 Å². The maximum Gasteiger partial charge on any atom is 0.217 e. The smallest absolute Gasteiger partial charge is 0.217 e. The Bertz CT molecular complexity index is 1040. The number of halogens is 2. The van der Waals surface area contributed by atoms with E-state index >= 15 is 0 Å². The van der Waals surface area contributed by atoms with Gasteiger partial charge in [0.15, 0.2) is 5.13 Å². The van der Waals surface area contributed by atoms with Crippen molar-refractivity contribution in [2.75, 3.05) is 32.6 Å². The van der Waals surface area contributed by atoms with Crippen LogP contribution >= 0.6 is 22.9 Å². The summed E-state index contributed by atoms with van der Waals surface area (Å²) < 4.78 is 13.3. The van der Waals surface area contributed by atoms with Gasteiger partial charge in [0.1, 0.15) is 28.3 Å². The first-order chi connectivity index (χ1) is 15.3. The van der Waals surface area contributed by atoms with Gasteiger partial charge in [0.05, 0.1) is 5.70 Å². The molecule has 0 spiro atoms. The SMILES string of the molecule is C=CN=C(Cl)N(C)N(C)/C(CC)=C(\NCC)N(C)c1nc(-c2ccc(F)cc2)c(C#N)s1. The second-order valence-electron chi connectivity index (χ2n) is 6.66.